The maximum atomic E-state index is 11.0. The van der Waals surface area contributed by atoms with Gasteiger partial charge in [-0.05, 0) is 38.5 Å². The molecule has 1 heterocycles. The fourth-order valence-corrected chi connectivity index (χ4v) is 3.37. The highest BCUT2D eigenvalue weighted by atomic mass is 35.5. The van der Waals surface area contributed by atoms with Gasteiger partial charge < -0.3 is 9.67 Å². The third-order valence-corrected chi connectivity index (χ3v) is 4.66. The average Bonchev–Trinajstić information content (AvgIpc) is 2.78. The second-order valence-corrected chi connectivity index (χ2v) is 6.03. The monoisotopic (exact) mass is 324 g/mol. The average molecular weight is 325 g/mol. The molecule has 0 aliphatic heterocycles. The first kappa shape index (κ1) is 15.8. The Balaban J connectivity index is 2.43. The Morgan fingerprint density at radius 2 is 2.24 bits per heavy atom. The number of carboxylic acids is 1. The van der Waals surface area contributed by atoms with Crippen LogP contribution in [0, 0.1) is 6.92 Å². The van der Waals surface area contributed by atoms with Crippen molar-refractivity contribution in [3.63, 3.8) is 0 Å². The predicted octanol–water partition coefficient (Wildman–Crippen LogP) is 3.95. The Morgan fingerprint density at radius 1 is 1.52 bits per heavy atom. The van der Waals surface area contributed by atoms with E-state index in [4.69, 9.17) is 16.7 Å². The lowest BCUT2D eigenvalue weighted by Gasteiger charge is -2.09. The van der Waals surface area contributed by atoms with Crippen molar-refractivity contribution in [1.82, 2.24) is 4.57 Å². The Kier molecular flexibility index (Phi) is 4.85. The number of halogens is 1. The predicted molar refractivity (Wildman–Crippen MR) is 85.4 cm³/mol. The fourth-order valence-electron chi connectivity index (χ4n) is 2.07. The van der Waals surface area contributed by atoms with E-state index in [2.05, 4.69) is 21.9 Å². The van der Waals surface area contributed by atoms with Crippen LogP contribution >= 0.6 is 22.9 Å². The number of hydrogen-bond donors (Lipinski definition) is 1. The molecular weight excluding hydrogens is 308 g/mol. The van der Waals surface area contributed by atoms with Crippen LogP contribution in [-0.4, -0.2) is 15.6 Å². The Morgan fingerprint density at radius 3 is 2.81 bits per heavy atom. The van der Waals surface area contributed by atoms with Crippen molar-refractivity contribution in [3.05, 3.63) is 44.7 Å². The van der Waals surface area contributed by atoms with Crippen molar-refractivity contribution >= 4 is 34.6 Å². The smallest absolute Gasteiger partial charge is 0.310 e. The van der Waals surface area contributed by atoms with Gasteiger partial charge >= 0.3 is 5.97 Å². The minimum atomic E-state index is -0.890. The van der Waals surface area contributed by atoms with E-state index < -0.39 is 11.9 Å². The van der Waals surface area contributed by atoms with Crippen LogP contribution in [0.5, 0.6) is 0 Å². The number of rotatable bonds is 4. The van der Waals surface area contributed by atoms with Crippen LogP contribution in [0.1, 0.15) is 31.0 Å². The third-order valence-electron chi connectivity index (χ3n) is 3.35. The van der Waals surface area contributed by atoms with Crippen molar-refractivity contribution < 1.29 is 9.90 Å². The van der Waals surface area contributed by atoms with Gasteiger partial charge in [0.05, 0.1) is 11.6 Å². The number of thiazole rings is 1. The minimum Gasteiger partial charge on any atom is -0.481 e. The van der Waals surface area contributed by atoms with Crippen molar-refractivity contribution in [1.29, 1.82) is 0 Å². The molecule has 1 atom stereocenters. The molecule has 1 aromatic heterocycles. The third kappa shape index (κ3) is 3.36. The van der Waals surface area contributed by atoms with Gasteiger partial charge in [0.1, 0.15) is 0 Å². The zero-order valence-electron chi connectivity index (χ0n) is 12.1. The van der Waals surface area contributed by atoms with E-state index in [1.54, 1.807) is 36.5 Å². The first-order valence-corrected chi connectivity index (χ1v) is 7.91. The van der Waals surface area contributed by atoms with Gasteiger partial charge in [0, 0.05) is 22.6 Å². The van der Waals surface area contributed by atoms with Crippen molar-refractivity contribution in [3.8, 4) is 0 Å². The first-order valence-electron chi connectivity index (χ1n) is 6.66. The molecule has 0 spiro atoms. The number of carbonyl (C=O) groups is 1. The molecule has 1 N–H and O–H groups in total. The molecule has 2 rings (SSSR count). The number of benzene rings is 1. The summed E-state index contributed by atoms with van der Waals surface area (Å²) in [5.41, 5.74) is 2.50. The molecule has 2 aromatic rings. The standard InChI is InChI=1S/C15H17ClN2O2S/c1-4-18-9(2)8-21-15(18)17-11-5-6-12(13(16)7-11)10(3)14(19)20/h5-8,10H,4H2,1-3H3,(H,19,20). The molecule has 1 unspecified atom stereocenters. The maximum Gasteiger partial charge on any atom is 0.310 e. The van der Waals surface area contributed by atoms with Crippen molar-refractivity contribution in [2.75, 3.05) is 0 Å². The van der Waals surface area contributed by atoms with Crippen molar-refractivity contribution in [2.24, 2.45) is 4.99 Å². The summed E-state index contributed by atoms with van der Waals surface area (Å²) in [5, 5.41) is 11.5. The number of aromatic nitrogens is 1. The largest absolute Gasteiger partial charge is 0.481 e. The zero-order chi connectivity index (χ0) is 15.6. The quantitative estimate of drug-likeness (QED) is 0.925. The van der Waals surface area contributed by atoms with E-state index in [0.717, 1.165) is 17.0 Å². The van der Waals surface area contributed by atoms with Crippen LogP contribution in [0.3, 0.4) is 0 Å². The lowest BCUT2D eigenvalue weighted by atomic mass is 10.0. The second kappa shape index (κ2) is 6.45. The van der Waals surface area contributed by atoms with Crippen LogP contribution in [-0.2, 0) is 11.3 Å². The number of hydrogen-bond acceptors (Lipinski definition) is 3. The van der Waals surface area contributed by atoms with Crippen LogP contribution in [0.25, 0.3) is 0 Å². The highest BCUT2D eigenvalue weighted by Gasteiger charge is 2.16. The Labute approximate surface area is 132 Å². The molecular formula is C15H17ClN2O2S. The molecule has 0 saturated heterocycles. The molecule has 1 aromatic carbocycles. The highest BCUT2D eigenvalue weighted by molar-refractivity contribution is 7.07. The van der Waals surface area contributed by atoms with Gasteiger partial charge in [-0.2, -0.15) is 0 Å². The molecule has 0 radical (unpaired) electrons. The number of carboxylic acid groups (broad SMARTS) is 1. The van der Waals surface area contributed by atoms with E-state index >= 15 is 0 Å². The van der Waals surface area contributed by atoms with Gasteiger partial charge in [0.25, 0.3) is 0 Å². The summed E-state index contributed by atoms with van der Waals surface area (Å²) in [5.74, 6) is -1.52. The summed E-state index contributed by atoms with van der Waals surface area (Å²) in [6, 6.07) is 5.25. The summed E-state index contributed by atoms with van der Waals surface area (Å²) >= 11 is 7.76. The first-order chi connectivity index (χ1) is 9.93. The molecule has 0 fully saturated rings. The van der Waals surface area contributed by atoms with Crippen LogP contribution in [0.4, 0.5) is 5.69 Å². The van der Waals surface area contributed by atoms with Gasteiger partial charge in [-0.15, -0.1) is 11.3 Å². The second-order valence-electron chi connectivity index (χ2n) is 4.78. The summed E-state index contributed by atoms with van der Waals surface area (Å²) in [6.45, 7) is 6.59. The van der Waals surface area contributed by atoms with Gasteiger partial charge in [-0.1, -0.05) is 17.7 Å². The van der Waals surface area contributed by atoms with E-state index in [1.807, 2.05) is 6.92 Å². The van der Waals surface area contributed by atoms with E-state index in [-0.39, 0.29) is 0 Å². The van der Waals surface area contributed by atoms with E-state index in [1.165, 1.54) is 5.69 Å². The normalized spacial score (nSPS) is 13.4. The van der Waals surface area contributed by atoms with Crippen LogP contribution in [0.15, 0.2) is 28.6 Å². The van der Waals surface area contributed by atoms with Gasteiger partial charge in [-0.25, -0.2) is 4.99 Å². The molecule has 21 heavy (non-hydrogen) atoms. The number of aliphatic carboxylic acids is 1. The molecule has 0 bridgehead atoms. The molecule has 6 heteroatoms. The molecule has 112 valence electrons. The van der Waals surface area contributed by atoms with Crippen molar-refractivity contribution in [2.45, 2.75) is 33.2 Å². The number of aryl methyl sites for hydroxylation is 1. The molecule has 0 amide bonds. The Hall–Kier alpha value is -1.59. The lowest BCUT2D eigenvalue weighted by Crippen LogP contribution is -2.14. The topological polar surface area (TPSA) is 54.6 Å². The van der Waals surface area contributed by atoms with Crippen LogP contribution < -0.4 is 4.80 Å². The summed E-state index contributed by atoms with van der Waals surface area (Å²) in [6.07, 6.45) is 0. The Bertz CT molecular complexity index is 734. The highest BCUT2D eigenvalue weighted by Crippen LogP contribution is 2.28. The lowest BCUT2D eigenvalue weighted by molar-refractivity contribution is -0.138. The van der Waals surface area contributed by atoms with Gasteiger partial charge in [0.15, 0.2) is 4.80 Å². The fraction of sp³-hybridized carbons (Fsp3) is 0.333. The number of nitrogens with zero attached hydrogens (tertiary/aromatic N) is 2. The summed E-state index contributed by atoms with van der Waals surface area (Å²) in [7, 11) is 0. The summed E-state index contributed by atoms with van der Waals surface area (Å²) < 4.78 is 2.12. The molecule has 0 aliphatic rings. The van der Waals surface area contributed by atoms with E-state index in [9.17, 15) is 4.79 Å². The minimum absolute atomic E-state index is 0.433. The molecule has 4 nitrogen and oxygen atoms in total. The van der Waals surface area contributed by atoms with Crippen LogP contribution in [0.2, 0.25) is 5.02 Å². The zero-order valence-corrected chi connectivity index (χ0v) is 13.7. The van der Waals surface area contributed by atoms with Gasteiger partial charge in [0.2, 0.25) is 0 Å². The molecule has 0 aliphatic carbocycles. The molecule has 0 saturated carbocycles. The SMILES string of the molecule is CCn1c(C)csc1=Nc1ccc(C(C)C(=O)O)c(Cl)c1. The van der Waals surface area contributed by atoms with E-state index in [0.29, 0.717) is 10.6 Å². The van der Waals surface area contributed by atoms with Gasteiger partial charge in [-0.3, -0.25) is 4.79 Å². The maximum absolute atomic E-state index is 11.0. The summed E-state index contributed by atoms with van der Waals surface area (Å²) in [4.78, 5) is 16.5.